The van der Waals surface area contributed by atoms with E-state index in [9.17, 15) is 14.9 Å². The molecular formula is C17H26NO9RfSi-. The minimum Gasteiger partial charge on any atom is -0.665 e. The van der Waals surface area contributed by atoms with Gasteiger partial charge >= 0.3 is 14.8 Å². The Morgan fingerprint density at radius 1 is 1.14 bits per heavy atom. The Morgan fingerprint density at radius 3 is 2.24 bits per heavy atom. The maximum Gasteiger partial charge on any atom is 0.500 e. The summed E-state index contributed by atoms with van der Waals surface area (Å²) in [4.78, 5) is 22.6. The average molecular weight is 683 g/mol. The zero-order valence-electron chi connectivity index (χ0n) is 17.2. The van der Waals surface area contributed by atoms with Crippen molar-refractivity contribution in [2.75, 3.05) is 35.0 Å². The molecule has 10 nitrogen and oxygen atoms in total. The first-order valence-electron chi connectivity index (χ1n) is 8.42. The van der Waals surface area contributed by atoms with E-state index in [0.29, 0.717) is 19.1 Å². The van der Waals surface area contributed by atoms with Crippen LogP contribution in [-0.2, 0) is 29.4 Å². The number of benzene rings is 1. The second-order valence-corrected chi connectivity index (χ2v) is 8.77. The van der Waals surface area contributed by atoms with Gasteiger partial charge < -0.3 is 27.5 Å². The minimum atomic E-state index is -2.62. The molecule has 12 heteroatoms. The second kappa shape index (κ2) is 12.4. The van der Waals surface area contributed by atoms with Crippen LogP contribution in [0.3, 0.4) is 0 Å². The van der Waals surface area contributed by atoms with Crippen molar-refractivity contribution in [3.63, 3.8) is 0 Å². The van der Waals surface area contributed by atoms with Crippen LogP contribution in [0, 0.1) is 17.2 Å². The van der Waals surface area contributed by atoms with E-state index in [1.54, 1.807) is 21.3 Å². The van der Waals surface area contributed by atoms with Gasteiger partial charge in [-0.2, -0.15) is 7.11 Å². The van der Waals surface area contributed by atoms with Crippen molar-refractivity contribution in [1.82, 2.24) is 0 Å². The molecule has 1 rings (SSSR count). The van der Waals surface area contributed by atoms with Gasteiger partial charge in [0.2, 0.25) is 0 Å². The molecule has 0 aliphatic rings. The Labute approximate surface area is 165 Å². The van der Waals surface area contributed by atoms with E-state index in [1.165, 1.54) is 13.2 Å². The largest absolute Gasteiger partial charge is 0.665 e. The molecule has 0 bridgehead atoms. The summed E-state index contributed by atoms with van der Waals surface area (Å²) in [6, 6.07) is 3.08. The Bertz CT molecular complexity index is 662. The second-order valence-electron chi connectivity index (χ2n) is 5.68. The van der Waals surface area contributed by atoms with Crippen LogP contribution in [0.2, 0.25) is 6.04 Å². The number of rotatable bonds is 13. The van der Waals surface area contributed by atoms with Crippen molar-refractivity contribution in [3.05, 3.63) is 40.5 Å². The van der Waals surface area contributed by atoms with Crippen LogP contribution < -0.4 is 4.74 Å². The standard InChI is InChI=1S/C17H26NO9Si.Rf/c1-22-16-11-15(18(20)21)13(10-14(16)17(19)23-2)12-27-8-6-7-9-28(24-3,25-4)26-5;/h10-11H,1,6-9,12H2,2-5H3;/q-1;. The number of carbonyl (C=O) groups excluding carboxylic acids is 1. The van der Waals surface area contributed by atoms with Gasteiger partial charge in [0.05, 0.1) is 35.8 Å². The van der Waals surface area contributed by atoms with Gasteiger partial charge in [0.1, 0.15) is 5.75 Å². The van der Waals surface area contributed by atoms with E-state index in [2.05, 4.69) is 11.8 Å². The fourth-order valence-electron chi connectivity index (χ4n) is 2.57. The Hall–Kier alpha value is -3.05. The molecule has 0 N–H and O–H groups in total. The van der Waals surface area contributed by atoms with Gasteiger partial charge in [-0.3, -0.25) is 10.1 Å². The third kappa shape index (κ3) is 6.80. The monoisotopic (exact) mass is 683 g/mol. The topological polar surface area (TPSA) is 116 Å². The van der Waals surface area contributed by atoms with Crippen molar-refractivity contribution in [2.24, 2.45) is 0 Å². The van der Waals surface area contributed by atoms with Crippen LogP contribution in [0.1, 0.15) is 28.8 Å². The molecule has 160 valence electrons. The van der Waals surface area contributed by atoms with E-state index in [1.807, 2.05) is 0 Å². The predicted molar refractivity (Wildman–Crippen MR) is 101 cm³/mol. The summed E-state index contributed by atoms with van der Waals surface area (Å²) in [7, 11) is 6.44. The Kier molecular flexibility index (Phi) is 11.1. The zero-order valence-corrected chi connectivity index (χ0v) is 24.6. The number of methoxy groups -OCH3 is 1. The number of carbonyl (C=O) groups is 1. The summed E-state index contributed by atoms with van der Waals surface area (Å²) in [6.45, 7) is 0.319. The number of hydrogen-bond donors (Lipinski definition) is 0. The third-order valence-electron chi connectivity index (χ3n) is 4.15. The summed E-state index contributed by atoms with van der Waals surface area (Å²) >= 11 is 0. The molecule has 0 aliphatic heterocycles. The van der Waals surface area contributed by atoms with Crippen molar-refractivity contribution < 1.29 is 37.2 Å². The van der Waals surface area contributed by atoms with Gasteiger partial charge in [-0.1, -0.05) is 0 Å². The fourth-order valence-corrected chi connectivity index (χ4v) is 4.37. The number of unbranched alkanes of at least 4 members (excludes halogenated alkanes) is 1. The molecule has 0 heterocycles. The molecule has 0 amide bonds. The summed E-state index contributed by atoms with van der Waals surface area (Å²) in [5, 5.41) is 11.3. The molecule has 0 aliphatic carbocycles. The van der Waals surface area contributed by atoms with E-state index < -0.39 is 19.7 Å². The molecule has 0 saturated heterocycles. The minimum absolute atomic E-state index is 0. The Morgan fingerprint density at radius 2 is 1.76 bits per heavy atom. The van der Waals surface area contributed by atoms with E-state index in [4.69, 9.17) is 22.8 Å². The zero-order chi connectivity index (χ0) is 21.2. The molecule has 1 aromatic carbocycles. The van der Waals surface area contributed by atoms with Gasteiger partial charge in [-0.25, -0.2) is 4.79 Å². The Balaban J connectivity index is 0.00000784. The smallest absolute Gasteiger partial charge is 0.500 e. The van der Waals surface area contributed by atoms with Crippen molar-refractivity contribution in [1.29, 1.82) is 0 Å². The molecule has 0 spiro atoms. The number of hydrogen-bond acceptors (Lipinski definition) is 9. The number of ether oxygens (including phenoxy) is 3. The average Bonchev–Trinajstić information content (AvgIpc) is 2.72. The van der Waals surface area contributed by atoms with Gasteiger partial charge in [0.15, 0.2) is 0 Å². The van der Waals surface area contributed by atoms with Gasteiger partial charge in [0.25, 0.3) is 5.69 Å². The quantitative estimate of drug-likeness (QED) is 0.0774. The van der Waals surface area contributed by atoms with Crippen LogP contribution in [0.25, 0.3) is 0 Å². The van der Waals surface area contributed by atoms with Crippen LogP contribution in [0.4, 0.5) is 5.69 Å². The first-order valence-corrected chi connectivity index (χ1v) is 10.4. The molecule has 0 radical (unpaired) electrons. The number of esters is 1. The summed E-state index contributed by atoms with van der Waals surface area (Å²) in [5.41, 5.74) is 0.0502. The maximum absolute atomic E-state index is 11.8. The third-order valence-corrected chi connectivity index (χ3v) is 6.98. The summed E-state index contributed by atoms with van der Waals surface area (Å²) in [5.74, 6) is -0.725. The molecule has 29 heavy (non-hydrogen) atoms. The molecule has 0 unspecified atom stereocenters. The van der Waals surface area contributed by atoms with E-state index in [0.717, 1.165) is 12.5 Å². The first kappa shape index (κ1) is 25.9. The normalized spacial score (nSPS) is 10.9. The SMILES string of the molecule is [CH2-]Oc1cc([N+](=O)[O-])c(COCCCC[Si](OC)(OC)OC)cc1C(=O)OC.[Rf]. The van der Waals surface area contributed by atoms with Gasteiger partial charge in [0, 0.05) is 34.0 Å². The maximum atomic E-state index is 11.8. The molecule has 0 saturated carbocycles. The van der Waals surface area contributed by atoms with Crippen molar-refractivity contribution in [2.45, 2.75) is 25.5 Å². The molecule has 0 aromatic heterocycles. The molecular weight excluding hydrogens is 657 g/mol. The van der Waals surface area contributed by atoms with Crippen LogP contribution >= 0.6 is 0 Å². The van der Waals surface area contributed by atoms with Crippen molar-refractivity contribution >= 4 is 20.5 Å². The van der Waals surface area contributed by atoms with Crippen LogP contribution in [0.5, 0.6) is 5.75 Å². The van der Waals surface area contributed by atoms with Crippen LogP contribution in [-0.4, -0.2) is 54.7 Å². The number of nitro groups is 1. The van der Waals surface area contributed by atoms with E-state index >= 15 is 0 Å². The fraction of sp³-hybridized carbons (Fsp3) is 0.529. The van der Waals surface area contributed by atoms with Gasteiger partial charge in [-0.15, -0.1) is 0 Å². The van der Waals surface area contributed by atoms with Gasteiger partial charge in [-0.05, 0) is 18.9 Å². The number of nitrogens with zero attached hydrogens (tertiary/aromatic N) is 1. The predicted octanol–water partition coefficient (Wildman–Crippen LogP) is 2.73. The number of nitro benzene ring substituents is 1. The molecule has 0 atom stereocenters. The molecule has 1 aromatic rings. The van der Waals surface area contributed by atoms with Crippen LogP contribution in [0.15, 0.2) is 12.1 Å². The summed E-state index contributed by atoms with van der Waals surface area (Å²) in [6.07, 6.45) is 1.42. The summed E-state index contributed by atoms with van der Waals surface area (Å²) < 4.78 is 31.0. The first-order chi connectivity index (χ1) is 13.4. The van der Waals surface area contributed by atoms with E-state index in [-0.39, 0.29) is 29.2 Å². The molecule has 0 fully saturated rings. The van der Waals surface area contributed by atoms with Crippen molar-refractivity contribution in [3.8, 4) is 5.75 Å².